The minimum atomic E-state index is -0.600. The third-order valence-electron chi connectivity index (χ3n) is 10.8. The molecule has 2 aromatic rings. The second-order valence-corrected chi connectivity index (χ2v) is 13.7. The Morgan fingerprint density at radius 3 is 2.39 bits per heavy atom. The van der Waals surface area contributed by atoms with Crippen LogP contribution in [0.5, 0.6) is 0 Å². The Morgan fingerprint density at radius 1 is 0.976 bits per heavy atom. The molecule has 8 nitrogen and oxygen atoms in total. The summed E-state index contributed by atoms with van der Waals surface area (Å²) in [5.41, 5.74) is 8.59. The van der Waals surface area contributed by atoms with E-state index in [-0.39, 0.29) is 11.6 Å². The monoisotopic (exact) mass is 556 g/mol. The average Bonchev–Trinajstić information content (AvgIpc) is 3.78. The summed E-state index contributed by atoms with van der Waals surface area (Å²) in [7, 11) is 0. The van der Waals surface area contributed by atoms with Crippen molar-refractivity contribution in [3.05, 3.63) is 41.7 Å². The third kappa shape index (κ3) is 5.72. The van der Waals surface area contributed by atoms with E-state index in [0.717, 1.165) is 56.3 Å². The molecule has 0 radical (unpaired) electrons. The molecule has 2 saturated heterocycles. The Kier molecular flexibility index (Phi) is 7.21. The van der Waals surface area contributed by atoms with E-state index in [9.17, 15) is 9.59 Å². The van der Waals surface area contributed by atoms with Crippen LogP contribution in [0, 0.1) is 17.3 Å². The van der Waals surface area contributed by atoms with Crippen LogP contribution in [-0.4, -0.2) is 58.8 Å². The van der Waals surface area contributed by atoms with Gasteiger partial charge in [0.15, 0.2) is 11.5 Å². The van der Waals surface area contributed by atoms with E-state index in [1.807, 2.05) is 0 Å². The highest BCUT2D eigenvalue weighted by atomic mass is 16.1. The number of hydrogen-bond acceptors (Lipinski definition) is 7. The van der Waals surface area contributed by atoms with Gasteiger partial charge < -0.3 is 20.9 Å². The summed E-state index contributed by atoms with van der Waals surface area (Å²) in [4.78, 5) is 39.3. The Hall–Kier alpha value is -3.00. The van der Waals surface area contributed by atoms with Gasteiger partial charge in [-0.1, -0.05) is 18.6 Å². The summed E-state index contributed by atoms with van der Waals surface area (Å²) in [6, 6.07) is 9.38. The Balaban J connectivity index is 0.988. The predicted molar refractivity (Wildman–Crippen MR) is 160 cm³/mol. The molecule has 3 aliphatic carbocycles. The summed E-state index contributed by atoms with van der Waals surface area (Å²) in [6.07, 6.45) is 15.8. The van der Waals surface area contributed by atoms with Gasteiger partial charge in [0.1, 0.15) is 11.6 Å². The highest BCUT2D eigenvalue weighted by molar-refractivity contribution is 5.96. The molecule has 2 aliphatic heterocycles. The van der Waals surface area contributed by atoms with Gasteiger partial charge >= 0.3 is 0 Å². The molecule has 1 aromatic heterocycles. The van der Waals surface area contributed by atoms with Gasteiger partial charge in [-0.25, -0.2) is 9.97 Å². The molecule has 1 aromatic carbocycles. The van der Waals surface area contributed by atoms with Crippen molar-refractivity contribution in [1.29, 1.82) is 0 Å². The minimum Gasteiger partial charge on any atom is -0.364 e. The molecule has 5 aliphatic rings. The van der Waals surface area contributed by atoms with Crippen molar-refractivity contribution in [3.63, 3.8) is 0 Å². The molecule has 41 heavy (non-hydrogen) atoms. The first-order valence-corrected chi connectivity index (χ1v) is 16.0. The van der Waals surface area contributed by atoms with E-state index < -0.39 is 5.91 Å². The summed E-state index contributed by atoms with van der Waals surface area (Å²) in [5.74, 6) is 2.21. The minimum absolute atomic E-state index is 0.143. The lowest BCUT2D eigenvalue weighted by atomic mass is 9.51. The van der Waals surface area contributed by atoms with Crippen LogP contribution >= 0.6 is 0 Å². The van der Waals surface area contributed by atoms with E-state index in [1.54, 1.807) is 6.20 Å². The van der Waals surface area contributed by atoms with Crippen molar-refractivity contribution >= 4 is 29.0 Å². The molecular formula is C33H44N6O2. The molecule has 1 amide bonds. The number of piperidine rings is 2. The van der Waals surface area contributed by atoms with Gasteiger partial charge in [0.2, 0.25) is 0 Å². The maximum Gasteiger partial charge on any atom is 0.271 e. The van der Waals surface area contributed by atoms with Crippen LogP contribution in [0.1, 0.15) is 99.0 Å². The van der Waals surface area contributed by atoms with Crippen molar-refractivity contribution in [2.24, 2.45) is 23.0 Å². The molecule has 0 bridgehead atoms. The lowest BCUT2D eigenvalue weighted by Crippen LogP contribution is -2.46. The summed E-state index contributed by atoms with van der Waals surface area (Å²) in [6.45, 7) is 4.07. The lowest BCUT2D eigenvalue weighted by molar-refractivity contribution is -0.135. The summed E-state index contributed by atoms with van der Waals surface area (Å²) < 4.78 is 0. The second-order valence-electron chi connectivity index (χ2n) is 13.7. The zero-order valence-electron chi connectivity index (χ0n) is 24.2. The molecule has 8 heteroatoms. The maximum atomic E-state index is 13.0. The molecule has 7 rings (SSSR count). The van der Waals surface area contributed by atoms with Gasteiger partial charge in [-0.2, -0.15) is 0 Å². The van der Waals surface area contributed by atoms with Crippen molar-refractivity contribution in [1.82, 2.24) is 14.9 Å². The topological polar surface area (TPSA) is 104 Å². The van der Waals surface area contributed by atoms with Crippen molar-refractivity contribution < 1.29 is 9.59 Å². The fraction of sp³-hybridized carbons (Fsp3) is 0.636. The molecule has 3 saturated carbocycles. The zero-order chi connectivity index (χ0) is 28.0. The molecule has 0 unspecified atom stereocenters. The Bertz CT molecular complexity index is 1270. The van der Waals surface area contributed by atoms with Crippen molar-refractivity contribution in [3.8, 4) is 0 Å². The number of carbonyl (C=O) groups excluding carboxylic acids is 2. The van der Waals surface area contributed by atoms with Gasteiger partial charge in [0.25, 0.3) is 5.91 Å². The molecule has 3 heterocycles. The van der Waals surface area contributed by atoms with Crippen molar-refractivity contribution in [2.45, 2.75) is 89.0 Å². The number of Topliss-reactive ketones (excluding diaryl/α,β-unsaturated/α-hetero) is 1. The number of primary amides is 1. The first kappa shape index (κ1) is 26.9. The van der Waals surface area contributed by atoms with E-state index in [4.69, 9.17) is 10.7 Å². The Morgan fingerprint density at radius 2 is 1.73 bits per heavy atom. The number of carbonyl (C=O) groups is 2. The summed E-state index contributed by atoms with van der Waals surface area (Å²) >= 11 is 0. The number of benzene rings is 1. The van der Waals surface area contributed by atoms with E-state index in [0.29, 0.717) is 35.3 Å². The van der Waals surface area contributed by atoms with Crippen LogP contribution in [-0.2, 0) is 4.79 Å². The SMILES string of the molecule is NC(=O)c1ncc(N2CCC[C@@H](CC(=O)C3CC4(CCC4)C3)C2)nc1Nc1ccc(C2CCN(C3CC3)CC2)cc1. The van der Waals surface area contributed by atoms with Gasteiger partial charge in [-0.05, 0) is 112 Å². The number of nitrogens with zero attached hydrogens (tertiary/aromatic N) is 4. The highest BCUT2D eigenvalue weighted by Crippen LogP contribution is 2.59. The maximum absolute atomic E-state index is 13.0. The number of anilines is 3. The number of likely N-dealkylation sites (tertiary alicyclic amines) is 1. The zero-order valence-corrected chi connectivity index (χ0v) is 24.2. The smallest absolute Gasteiger partial charge is 0.271 e. The number of rotatable bonds is 9. The van der Waals surface area contributed by atoms with E-state index in [2.05, 4.69) is 44.4 Å². The van der Waals surface area contributed by atoms with E-state index in [1.165, 1.54) is 63.6 Å². The first-order valence-electron chi connectivity index (χ1n) is 16.0. The standard InChI is InChI=1S/C33H44N6O2/c34-31(41)30-32(36-26-6-4-23(5-7-26)24-10-15-38(16-11-24)27-8-9-27)37-29(20-35-30)39-14-1-3-22(21-39)17-28(40)25-18-33(19-25)12-2-13-33/h4-7,20,22,24-25,27H,1-3,8-19,21H2,(H2,34,41)(H,36,37)/t22-/m0/s1. The molecule has 5 fully saturated rings. The molecule has 3 N–H and O–H groups in total. The number of amides is 1. The third-order valence-corrected chi connectivity index (χ3v) is 10.8. The molecular weight excluding hydrogens is 512 g/mol. The predicted octanol–water partition coefficient (Wildman–Crippen LogP) is 5.42. The van der Waals surface area contributed by atoms with Crippen LogP contribution in [0.2, 0.25) is 0 Å². The van der Waals surface area contributed by atoms with Gasteiger partial charge in [-0.3, -0.25) is 9.59 Å². The number of hydrogen-bond donors (Lipinski definition) is 2. The van der Waals surface area contributed by atoms with Gasteiger partial charge in [0, 0.05) is 37.2 Å². The van der Waals surface area contributed by atoms with Crippen LogP contribution in [0.4, 0.5) is 17.3 Å². The van der Waals surface area contributed by atoms with Crippen LogP contribution in [0.15, 0.2) is 30.5 Å². The number of aromatic nitrogens is 2. The summed E-state index contributed by atoms with van der Waals surface area (Å²) in [5, 5.41) is 3.32. The average molecular weight is 557 g/mol. The fourth-order valence-electron chi connectivity index (χ4n) is 8.00. The van der Waals surface area contributed by atoms with Crippen LogP contribution in [0.3, 0.4) is 0 Å². The van der Waals surface area contributed by atoms with Crippen LogP contribution < -0.4 is 16.0 Å². The van der Waals surface area contributed by atoms with Gasteiger partial charge in [-0.15, -0.1) is 0 Å². The quantitative estimate of drug-likeness (QED) is 0.425. The normalized spacial score (nSPS) is 25.0. The van der Waals surface area contributed by atoms with Crippen LogP contribution in [0.25, 0.3) is 0 Å². The lowest BCUT2D eigenvalue weighted by Gasteiger charge is -2.54. The Labute approximate surface area is 243 Å². The molecule has 1 spiro atoms. The number of nitrogens with one attached hydrogen (secondary N) is 1. The molecule has 1 atom stereocenters. The highest BCUT2D eigenvalue weighted by Gasteiger charge is 2.50. The number of ketones is 1. The molecule has 218 valence electrons. The van der Waals surface area contributed by atoms with Gasteiger partial charge in [0.05, 0.1) is 6.20 Å². The van der Waals surface area contributed by atoms with Crippen molar-refractivity contribution in [2.75, 3.05) is 36.4 Å². The second kappa shape index (κ2) is 11.0. The largest absolute Gasteiger partial charge is 0.364 e. The fourth-order valence-corrected chi connectivity index (χ4v) is 8.00. The van der Waals surface area contributed by atoms with E-state index >= 15 is 0 Å². The first-order chi connectivity index (χ1) is 19.9. The number of nitrogens with two attached hydrogens (primary N) is 1.